The van der Waals surface area contributed by atoms with Gasteiger partial charge in [-0.2, -0.15) is 5.26 Å². The van der Waals surface area contributed by atoms with Gasteiger partial charge in [0.25, 0.3) is 0 Å². The summed E-state index contributed by atoms with van der Waals surface area (Å²) in [4.78, 5) is 0. The third-order valence-corrected chi connectivity index (χ3v) is 2.30. The van der Waals surface area contributed by atoms with E-state index in [0.717, 1.165) is 11.3 Å². The normalized spacial score (nSPS) is 14.0. The molecule has 0 aliphatic carbocycles. The first kappa shape index (κ1) is 11.5. The second-order valence-corrected chi connectivity index (χ2v) is 3.55. The Kier molecular flexibility index (Phi) is 4.14. The van der Waals surface area contributed by atoms with Crippen molar-refractivity contribution in [3.63, 3.8) is 0 Å². The van der Waals surface area contributed by atoms with Crippen molar-refractivity contribution in [2.75, 3.05) is 7.11 Å². The highest BCUT2D eigenvalue weighted by molar-refractivity contribution is 5.28. The van der Waals surface area contributed by atoms with Gasteiger partial charge in [-0.05, 0) is 31.0 Å². The summed E-state index contributed by atoms with van der Waals surface area (Å²) in [6.07, 6.45) is -0.117. The SMILES string of the molecule is COc1ccc(C(O)CC(C)C#N)cc1. The van der Waals surface area contributed by atoms with Gasteiger partial charge < -0.3 is 9.84 Å². The number of aliphatic hydroxyl groups is 1. The molecule has 0 aromatic heterocycles. The fourth-order valence-electron chi connectivity index (χ4n) is 1.35. The summed E-state index contributed by atoms with van der Waals surface area (Å²) in [7, 11) is 1.60. The van der Waals surface area contributed by atoms with Crippen molar-refractivity contribution >= 4 is 0 Å². The summed E-state index contributed by atoms with van der Waals surface area (Å²) in [5, 5.41) is 18.4. The van der Waals surface area contributed by atoms with Crippen molar-refractivity contribution in [1.82, 2.24) is 0 Å². The summed E-state index contributed by atoms with van der Waals surface area (Å²) in [5.74, 6) is 0.626. The molecule has 0 saturated heterocycles. The van der Waals surface area contributed by atoms with Gasteiger partial charge in [0.2, 0.25) is 0 Å². The molecule has 0 aliphatic heterocycles. The predicted molar refractivity (Wildman–Crippen MR) is 57.3 cm³/mol. The molecule has 0 saturated carbocycles. The zero-order valence-electron chi connectivity index (χ0n) is 8.97. The Bertz CT molecular complexity index is 340. The smallest absolute Gasteiger partial charge is 0.118 e. The van der Waals surface area contributed by atoms with Gasteiger partial charge in [0.05, 0.1) is 19.3 Å². The largest absolute Gasteiger partial charge is 0.497 e. The van der Waals surface area contributed by atoms with Crippen molar-refractivity contribution in [3.05, 3.63) is 29.8 Å². The second kappa shape index (κ2) is 5.38. The van der Waals surface area contributed by atoms with E-state index >= 15 is 0 Å². The Labute approximate surface area is 89.9 Å². The van der Waals surface area contributed by atoms with Crippen LogP contribution in [0.15, 0.2) is 24.3 Å². The number of hydrogen-bond donors (Lipinski definition) is 1. The minimum atomic E-state index is -0.578. The molecule has 0 radical (unpaired) electrons. The minimum absolute atomic E-state index is 0.137. The first-order valence-electron chi connectivity index (χ1n) is 4.89. The molecule has 3 heteroatoms. The summed E-state index contributed by atoms with van der Waals surface area (Å²) in [6.45, 7) is 1.80. The van der Waals surface area contributed by atoms with E-state index in [-0.39, 0.29) is 5.92 Å². The Morgan fingerprint density at radius 1 is 1.40 bits per heavy atom. The lowest BCUT2D eigenvalue weighted by Gasteiger charge is -2.12. The quantitative estimate of drug-likeness (QED) is 0.820. The van der Waals surface area contributed by atoms with Crippen LogP contribution in [0.25, 0.3) is 0 Å². The van der Waals surface area contributed by atoms with E-state index in [4.69, 9.17) is 10.00 Å². The highest BCUT2D eigenvalue weighted by Gasteiger charge is 2.11. The molecule has 0 amide bonds. The lowest BCUT2D eigenvalue weighted by molar-refractivity contribution is 0.156. The van der Waals surface area contributed by atoms with E-state index in [1.165, 1.54) is 0 Å². The molecule has 0 fully saturated rings. The second-order valence-electron chi connectivity index (χ2n) is 3.55. The average Bonchev–Trinajstić information content (AvgIpc) is 2.29. The van der Waals surface area contributed by atoms with Gasteiger partial charge in [-0.25, -0.2) is 0 Å². The fraction of sp³-hybridized carbons (Fsp3) is 0.417. The van der Waals surface area contributed by atoms with Gasteiger partial charge in [-0.3, -0.25) is 0 Å². The van der Waals surface area contributed by atoms with E-state index < -0.39 is 6.10 Å². The Morgan fingerprint density at radius 3 is 2.47 bits per heavy atom. The Hall–Kier alpha value is -1.53. The van der Waals surface area contributed by atoms with Crippen LogP contribution in [0, 0.1) is 17.2 Å². The number of methoxy groups -OCH3 is 1. The lowest BCUT2D eigenvalue weighted by Crippen LogP contribution is -2.02. The molecular weight excluding hydrogens is 190 g/mol. The molecule has 0 aliphatic rings. The highest BCUT2D eigenvalue weighted by atomic mass is 16.5. The maximum absolute atomic E-state index is 9.79. The number of nitrogens with zero attached hydrogens (tertiary/aromatic N) is 1. The predicted octanol–water partition coefficient (Wildman–Crippen LogP) is 2.28. The zero-order chi connectivity index (χ0) is 11.3. The Balaban J connectivity index is 2.66. The third kappa shape index (κ3) is 3.26. The van der Waals surface area contributed by atoms with Crippen molar-refractivity contribution in [1.29, 1.82) is 5.26 Å². The van der Waals surface area contributed by atoms with Crippen LogP contribution in [0.2, 0.25) is 0 Å². The van der Waals surface area contributed by atoms with Crippen LogP contribution in [0.5, 0.6) is 5.75 Å². The number of nitriles is 1. The monoisotopic (exact) mass is 205 g/mol. The van der Waals surface area contributed by atoms with Crippen molar-refractivity contribution in [2.24, 2.45) is 5.92 Å². The topological polar surface area (TPSA) is 53.2 Å². The molecule has 1 N–H and O–H groups in total. The number of aliphatic hydroxyl groups excluding tert-OH is 1. The molecule has 2 atom stereocenters. The van der Waals surface area contributed by atoms with E-state index in [9.17, 15) is 5.11 Å². The number of hydrogen-bond acceptors (Lipinski definition) is 3. The van der Waals surface area contributed by atoms with Crippen LogP contribution in [0.4, 0.5) is 0 Å². The molecule has 0 heterocycles. The van der Waals surface area contributed by atoms with Gasteiger partial charge in [-0.1, -0.05) is 12.1 Å². The van der Waals surface area contributed by atoms with Gasteiger partial charge >= 0.3 is 0 Å². The highest BCUT2D eigenvalue weighted by Crippen LogP contribution is 2.22. The van der Waals surface area contributed by atoms with Gasteiger partial charge in [0, 0.05) is 5.92 Å². The van der Waals surface area contributed by atoms with Crippen molar-refractivity contribution < 1.29 is 9.84 Å². The maximum atomic E-state index is 9.79. The zero-order valence-corrected chi connectivity index (χ0v) is 8.97. The fourth-order valence-corrected chi connectivity index (χ4v) is 1.35. The lowest BCUT2D eigenvalue weighted by atomic mass is 9.99. The molecule has 0 bridgehead atoms. The summed E-state index contributed by atoms with van der Waals surface area (Å²) < 4.78 is 5.02. The van der Waals surface area contributed by atoms with Gasteiger partial charge in [0.15, 0.2) is 0 Å². The van der Waals surface area contributed by atoms with Crippen LogP contribution in [0.3, 0.4) is 0 Å². The molecule has 1 rings (SSSR count). The minimum Gasteiger partial charge on any atom is -0.497 e. The molecule has 80 valence electrons. The van der Waals surface area contributed by atoms with E-state index in [1.807, 2.05) is 12.1 Å². The standard InChI is InChI=1S/C12H15NO2/c1-9(8-13)7-12(14)10-3-5-11(15-2)6-4-10/h3-6,9,12,14H,7H2,1-2H3. The molecular formula is C12H15NO2. The average molecular weight is 205 g/mol. The molecule has 1 aromatic carbocycles. The number of rotatable bonds is 4. The van der Waals surface area contributed by atoms with Crippen LogP contribution in [-0.2, 0) is 0 Å². The number of ether oxygens (including phenoxy) is 1. The summed E-state index contributed by atoms with van der Waals surface area (Å²) in [5.41, 5.74) is 0.818. The first-order chi connectivity index (χ1) is 7.17. The number of benzene rings is 1. The first-order valence-corrected chi connectivity index (χ1v) is 4.89. The summed E-state index contributed by atoms with van der Waals surface area (Å²) >= 11 is 0. The molecule has 0 spiro atoms. The molecule has 2 unspecified atom stereocenters. The van der Waals surface area contributed by atoms with E-state index in [0.29, 0.717) is 6.42 Å². The Morgan fingerprint density at radius 2 is 2.00 bits per heavy atom. The van der Waals surface area contributed by atoms with Crippen molar-refractivity contribution in [2.45, 2.75) is 19.4 Å². The van der Waals surface area contributed by atoms with Gasteiger partial charge in [0.1, 0.15) is 5.75 Å². The third-order valence-electron chi connectivity index (χ3n) is 2.30. The maximum Gasteiger partial charge on any atom is 0.118 e. The van der Waals surface area contributed by atoms with Crippen LogP contribution >= 0.6 is 0 Å². The van der Waals surface area contributed by atoms with Crippen LogP contribution < -0.4 is 4.74 Å². The molecule has 1 aromatic rings. The van der Waals surface area contributed by atoms with Crippen LogP contribution in [0.1, 0.15) is 25.0 Å². The summed E-state index contributed by atoms with van der Waals surface area (Å²) in [6, 6.07) is 9.33. The van der Waals surface area contributed by atoms with Crippen LogP contribution in [-0.4, -0.2) is 12.2 Å². The van der Waals surface area contributed by atoms with Crippen molar-refractivity contribution in [3.8, 4) is 11.8 Å². The van der Waals surface area contributed by atoms with E-state index in [2.05, 4.69) is 6.07 Å². The molecule has 3 nitrogen and oxygen atoms in total. The van der Waals surface area contributed by atoms with E-state index in [1.54, 1.807) is 26.2 Å². The van der Waals surface area contributed by atoms with Gasteiger partial charge in [-0.15, -0.1) is 0 Å². The molecule has 15 heavy (non-hydrogen) atoms.